The van der Waals surface area contributed by atoms with Crippen LogP contribution in [0.15, 0.2) is 30.5 Å². The maximum atomic E-state index is 12.0. The predicted octanol–water partition coefficient (Wildman–Crippen LogP) is 2.62. The molecule has 1 aliphatic rings. The maximum absolute atomic E-state index is 12.0. The zero-order valence-electron chi connectivity index (χ0n) is 12.2. The molecule has 114 valence electrons. The van der Waals surface area contributed by atoms with E-state index in [4.69, 9.17) is 5.11 Å². The van der Waals surface area contributed by atoms with Crippen LogP contribution >= 0.6 is 0 Å². The third kappa shape index (κ3) is 2.59. The number of benzene rings is 1. The molecule has 1 aromatic carbocycles. The third-order valence-electron chi connectivity index (χ3n) is 4.07. The molecule has 2 aromatic rings. The van der Waals surface area contributed by atoms with Crippen molar-refractivity contribution >= 4 is 17.6 Å². The van der Waals surface area contributed by atoms with Gasteiger partial charge in [0.05, 0.1) is 17.6 Å². The van der Waals surface area contributed by atoms with Crippen LogP contribution in [0.2, 0.25) is 0 Å². The van der Waals surface area contributed by atoms with Gasteiger partial charge in [-0.1, -0.05) is 12.5 Å². The van der Waals surface area contributed by atoms with E-state index in [1.807, 2.05) is 18.2 Å². The van der Waals surface area contributed by atoms with Crippen LogP contribution in [0.4, 0.5) is 5.69 Å². The summed E-state index contributed by atoms with van der Waals surface area (Å²) in [6.07, 6.45) is 4.34. The number of hydrogen-bond donors (Lipinski definition) is 2. The van der Waals surface area contributed by atoms with Crippen molar-refractivity contribution in [1.29, 1.82) is 0 Å². The highest BCUT2D eigenvalue weighted by Gasteiger charge is 2.25. The van der Waals surface area contributed by atoms with E-state index in [-0.39, 0.29) is 17.4 Å². The molecule has 6 nitrogen and oxygen atoms in total. The average molecular weight is 299 g/mol. The Kier molecular flexibility index (Phi) is 3.66. The van der Waals surface area contributed by atoms with Crippen molar-refractivity contribution < 1.29 is 14.7 Å². The molecular formula is C16H17N3O3. The number of aromatic carboxylic acids is 1. The lowest BCUT2D eigenvalue weighted by Crippen LogP contribution is -2.28. The van der Waals surface area contributed by atoms with Crippen LogP contribution in [0.5, 0.6) is 0 Å². The van der Waals surface area contributed by atoms with Gasteiger partial charge in [0.2, 0.25) is 5.91 Å². The number of amides is 1. The molecule has 0 saturated heterocycles. The quantitative estimate of drug-likeness (QED) is 0.909. The Balaban J connectivity index is 1.84. The number of aromatic nitrogens is 2. The molecule has 0 bridgehead atoms. The van der Waals surface area contributed by atoms with Crippen molar-refractivity contribution in [3.63, 3.8) is 0 Å². The van der Waals surface area contributed by atoms with Gasteiger partial charge in [0, 0.05) is 11.6 Å². The van der Waals surface area contributed by atoms with E-state index in [0.29, 0.717) is 11.4 Å². The van der Waals surface area contributed by atoms with Gasteiger partial charge in [-0.25, -0.2) is 9.48 Å². The van der Waals surface area contributed by atoms with E-state index < -0.39 is 5.97 Å². The molecule has 2 N–H and O–H groups in total. The minimum Gasteiger partial charge on any atom is -0.478 e. The number of hydrogen-bond acceptors (Lipinski definition) is 3. The fourth-order valence-electron chi connectivity index (χ4n) is 2.51. The summed E-state index contributed by atoms with van der Waals surface area (Å²) in [5.74, 6) is -0.835. The summed E-state index contributed by atoms with van der Waals surface area (Å²) >= 11 is 0. The van der Waals surface area contributed by atoms with Gasteiger partial charge in [-0.05, 0) is 38.0 Å². The Morgan fingerprint density at radius 1 is 1.36 bits per heavy atom. The second-order valence-corrected chi connectivity index (χ2v) is 5.53. The van der Waals surface area contributed by atoms with Gasteiger partial charge in [-0.3, -0.25) is 4.79 Å². The van der Waals surface area contributed by atoms with Crippen LogP contribution in [0.1, 0.15) is 35.3 Å². The number of carbonyl (C=O) groups is 2. The highest BCUT2D eigenvalue weighted by Crippen LogP contribution is 2.28. The Labute approximate surface area is 127 Å². The topological polar surface area (TPSA) is 84.2 Å². The van der Waals surface area contributed by atoms with E-state index in [9.17, 15) is 9.59 Å². The fourth-order valence-corrected chi connectivity index (χ4v) is 2.51. The van der Waals surface area contributed by atoms with E-state index in [1.54, 1.807) is 17.7 Å². The second-order valence-electron chi connectivity index (χ2n) is 5.53. The standard InChI is InChI=1S/C16H17N3O3/c1-10-14(16(21)22)9-17-19(10)13-7-3-6-12(8-13)18-15(20)11-4-2-5-11/h3,6-9,11H,2,4-5H2,1H3,(H,18,20)(H,21,22). The van der Waals surface area contributed by atoms with Crippen molar-refractivity contribution in [2.75, 3.05) is 5.32 Å². The monoisotopic (exact) mass is 299 g/mol. The summed E-state index contributed by atoms with van der Waals surface area (Å²) in [6.45, 7) is 1.70. The molecule has 0 radical (unpaired) electrons. The molecule has 0 aliphatic heterocycles. The molecular weight excluding hydrogens is 282 g/mol. The van der Waals surface area contributed by atoms with Crippen molar-refractivity contribution in [1.82, 2.24) is 9.78 Å². The molecule has 6 heteroatoms. The number of nitrogens with zero attached hydrogens (tertiary/aromatic N) is 2. The fraction of sp³-hybridized carbons (Fsp3) is 0.312. The number of nitrogens with one attached hydrogen (secondary N) is 1. The molecule has 1 aromatic heterocycles. The van der Waals surface area contributed by atoms with Crippen LogP contribution in [0.3, 0.4) is 0 Å². The SMILES string of the molecule is Cc1c(C(=O)O)cnn1-c1cccc(NC(=O)C2CCC2)c1. The zero-order chi connectivity index (χ0) is 15.7. The molecule has 1 heterocycles. The van der Waals surface area contributed by atoms with Gasteiger partial charge in [-0.2, -0.15) is 5.10 Å². The molecule has 3 rings (SSSR count). The van der Waals surface area contributed by atoms with Gasteiger partial charge in [0.25, 0.3) is 0 Å². The van der Waals surface area contributed by atoms with Gasteiger partial charge in [0.15, 0.2) is 0 Å². The van der Waals surface area contributed by atoms with Crippen molar-refractivity contribution in [2.24, 2.45) is 5.92 Å². The second kappa shape index (κ2) is 5.63. The average Bonchev–Trinajstić information content (AvgIpc) is 2.79. The molecule has 0 unspecified atom stereocenters. The summed E-state index contributed by atoms with van der Waals surface area (Å²) < 4.78 is 1.56. The smallest absolute Gasteiger partial charge is 0.339 e. The number of rotatable bonds is 4. The molecule has 1 amide bonds. The van der Waals surface area contributed by atoms with E-state index in [0.717, 1.165) is 24.9 Å². The van der Waals surface area contributed by atoms with Gasteiger partial charge in [0.1, 0.15) is 5.56 Å². The summed E-state index contributed by atoms with van der Waals surface area (Å²) in [5, 5.41) is 16.1. The Morgan fingerprint density at radius 2 is 2.14 bits per heavy atom. The Bertz CT molecular complexity index is 732. The Hall–Kier alpha value is -2.63. The van der Waals surface area contributed by atoms with Crippen LogP contribution < -0.4 is 5.32 Å². The van der Waals surface area contributed by atoms with Crippen molar-refractivity contribution in [2.45, 2.75) is 26.2 Å². The van der Waals surface area contributed by atoms with Crippen LogP contribution in [-0.4, -0.2) is 26.8 Å². The minimum absolute atomic E-state index is 0.0480. The number of anilines is 1. The lowest BCUT2D eigenvalue weighted by Gasteiger charge is -2.24. The third-order valence-corrected chi connectivity index (χ3v) is 4.07. The first-order valence-corrected chi connectivity index (χ1v) is 7.25. The first-order valence-electron chi connectivity index (χ1n) is 7.25. The van der Waals surface area contributed by atoms with Crippen LogP contribution in [0, 0.1) is 12.8 Å². The van der Waals surface area contributed by atoms with Crippen LogP contribution in [0.25, 0.3) is 5.69 Å². The van der Waals surface area contributed by atoms with Crippen molar-refractivity contribution in [3.8, 4) is 5.69 Å². The summed E-state index contributed by atoms with van der Waals surface area (Å²) in [4.78, 5) is 23.1. The summed E-state index contributed by atoms with van der Waals surface area (Å²) in [7, 11) is 0. The first-order chi connectivity index (χ1) is 10.6. The molecule has 0 atom stereocenters. The van der Waals surface area contributed by atoms with E-state index >= 15 is 0 Å². The highest BCUT2D eigenvalue weighted by molar-refractivity contribution is 5.93. The summed E-state index contributed by atoms with van der Waals surface area (Å²) in [5.41, 5.74) is 2.14. The molecule has 1 fully saturated rings. The molecule has 0 spiro atoms. The molecule has 1 saturated carbocycles. The zero-order valence-corrected chi connectivity index (χ0v) is 12.2. The first kappa shape index (κ1) is 14.3. The normalized spacial score (nSPS) is 14.4. The predicted molar refractivity (Wildman–Crippen MR) is 81.2 cm³/mol. The molecule has 1 aliphatic carbocycles. The highest BCUT2D eigenvalue weighted by atomic mass is 16.4. The maximum Gasteiger partial charge on any atom is 0.339 e. The van der Waals surface area contributed by atoms with Crippen LogP contribution in [-0.2, 0) is 4.79 Å². The Morgan fingerprint density at radius 3 is 2.73 bits per heavy atom. The summed E-state index contributed by atoms with van der Waals surface area (Å²) in [6, 6.07) is 7.25. The minimum atomic E-state index is -1.00. The van der Waals surface area contributed by atoms with Gasteiger partial charge >= 0.3 is 5.97 Å². The lowest BCUT2D eigenvalue weighted by molar-refractivity contribution is -0.122. The molecule has 22 heavy (non-hydrogen) atoms. The lowest BCUT2D eigenvalue weighted by atomic mass is 9.85. The van der Waals surface area contributed by atoms with E-state index in [2.05, 4.69) is 10.4 Å². The number of carboxylic acid groups (broad SMARTS) is 1. The largest absolute Gasteiger partial charge is 0.478 e. The number of carbonyl (C=O) groups excluding carboxylic acids is 1. The van der Waals surface area contributed by atoms with Crippen molar-refractivity contribution in [3.05, 3.63) is 41.7 Å². The van der Waals surface area contributed by atoms with Gasteiger partial charge in [-0.15, -0.1) is 0 Å². The number of carboxylic acids is 1. The van der Waals surface area contributed by atoms with Gasteiger partial charge < -0.3 is 10.4 Å². The van der Waals surface area contributed by atoms with E-state index in [1.165, 1.54) is 6.20 Å².